The number of hydrogen-bond donors (Lipinski definition) is 2. The van der Waals surface area contributed by atoms with Crippen molar-refractivity contribution in [3.05, 3.63) is 10.6 Å². The number of nitrogens with one attached hydrogen (secondary N) is 1. The van der Waals surface area contributed by atoms with Gasteiger partial charge in [-0.25, -0.2) is 4.98 Å². The molecule has 0 saturated carbocycles. The van der Waals surface area contributed by atoms with Crippen LogP contribution in [0.2, 0.25) is 0 Å². The number of rotatable bonds is 4. The lowest BCUT2D eigenvalue weighted by Crippen LogP contribution is -2.50. The van der Waals surface area contributed by atoms with Crippen molar-refractivity contribution in [1.82, 2.24) is 4.98 Å². The summed E-state index contributed by atoms with van der Waals surface area (Å²) in [5.74, 6) is -0.147. The maximum atomic E-state index is 11.9. The van der Waals surface area contributed by atoms with Crippen LogP contribution in [0.5, 0.6) is 0 Å². The van der Waals surface area contributed by atoms with Crippen molar-refractivity contribution >= 4 is 22.4 Å². The molecule has 1 aromatic heterocycles. The van der Waals surface area contributed by atoms with E-state index in [4.69, 9.17) is 5.73 Å². The summed E-state index contributed by atoms with van der Waals surface area (Å²) in [4.78, 5) is 17.3. The standard InChI is InChI=1S/C11H19N3OS/c1-5-11(12,6-2)9(15)14-10-13-7(3)8(4)16-10/h5-6,12H2,1-4H3,(H,13,14,15). The number of carbonyl (C=O) groups is 1. The second kappa shape index (κ2) is 4.93. The largest absolute Gasteiger partial charge is 0.317 e. The first kappa shape index (κ1) is 13.1. The van der Waals surface area contributed by atoms with Crippen LogP contribution in [-0.2, 0) is 4.79 Å². The number of anilines is 1. The van der Waals surface area contributed by atoms with E-state index < -0.39 is 5.54 Å². The first-order valence-electron chi connectivity index (χ1n) is 5.47. The maximum Gasteiger partial charge on any atom is 0.246 e. The van der Waals surface area contributed by atoms with E-state index in [1.165, 1.54) is 11.3 Å². The quantitative estimate of drug-likeness (QED) is 0.849. The zero-order valence-electron chi connectivity index (χ0n) is 10.3. The van der Waals surface area contributed by atoms with E-state index >= 15 is 0 Å². The van der Waals surface area contributed by atoms with E-state index in [1.807, 2.05) is 27.7 Å². The van der Waals surface area contributed by atoms with E-state index in [0.717, 1.165) is 10.6 Å². The molecule has 1 aromatic rings. The summed E-state index contributed by atoms with van der Waals surface area (Å²) in [6.07, 6.45) is 1.25. The van der Waals surface area contributed by atoms with Gasteiger partial charge in [0.05, 0.1) is 11.2 Å². The second-order valence-corrected chi connectivity index (χ2v) is 5.18. The van der Waals surface area contributed by atoms with Gasteiger partial charge in [-0.2, -0.15) is 0 Å². The first-order valence-corrected chi connectivity index (χ1v) is 6.29. The Morgan fingerprint density at radius 3 is 2.38 bits per heavy atom. The molecule has 1 amide bonds. The van der Waals surface area contributed by atoms with Crippen molar-refractivity contribution in [3.63, 3.8) is 0 Å². The van der Waals surface area contributed by atoms with Crippen LogP contribution in [0, 0.1) is 13.8 Å². The highest BCUT2D eigenvalue weighted by atomic mass is 32.1. The average molecular weight is 241 g/mol. The highest BCUT2D eigenvalue weighted by molar-refractivity contribution is 7.15. The fraction of sp³-hybridized carbons (Fsp3) is 0.636. The molecule has 90 valence electrons. The highest BCUT2D eigenvalue weighted by Crippen LogP contribution is 2.23. The van der Waals surface area contributed by atoms with Crippen molar-refractivity contribution in [2.24, 2.45) is 5.73 Å². The molecule has 0 unspecified atom stereocenters. The number of amides is 1. The van der Waals surface area contributed by atoms with Gasteiger partial charge in [-0.3, -0.25) is 4.79 Å². The van der Waals surface area contributed by atoms with Crippen LogP contribution in [0.4, 0.5) is 5.13 Å². The molecule has 0 radical (unpaired) electrons. The minimum atomic E-state index is -0.784. The summed E-state index contributed by atoms with van der Waals surface area (Å²) in [7, 11) is 0. The predicted molar refractivity (Wildman–Crippen MR) is 67.7 cm³/mol. The monoisotopic (exact) mass is 241 g/mol. The molecular weight excluding hydrogens is 222 g/mol. The number of thiazole rings is 1. The molecule has 1 heterocycles. The Bertz CT molecular complexity index is 363. The van der Waals surface area contributed by atoms with Crippen molar-refractivity contribution in [1.29, 1.82) is 0 Å². The van der Waals surface area contributed by atoms with Gasteiger partial charge in [0.15, 0.2) is 5.13 Å². The molecule has 1 rings (SSSR count). The summed E-state index contributed by atoms with van der Waals surface area (Å²) >= 11 is 1.48. The molecule has 4 nitrogen and oxygen atoms in total. The summed E-state index contributed by atoms with van der Waals surface area (Å²) in [6.45, 7) is 7.75. The lowest BCUT2D eigenvalue weighted by atomic mass is 9.93. The lowest BCUT2D eigenvalue weighted by Gasteiger charge is -2.24. The molecule has 0 aliphatic carbocycles. The smallest absolute Gasteiger partial charge is 0.246 e. The third-order valence-electron chi connectivity index (χ3n) is 2.96. The van der Waals surface area contributed by atoms with Crippen LogP contribution in [0.3, 0.4) is 0 Å². The van der Waals surface area contributed by atoms with Crippen LogP contribution in [-0.4, -0.2) is 16.4 Å². The molecule has 0 spiro atoms. The van der Waals surface area contributed by atoms with Gasteiger partial charge in [0.25, 0.3) is 0 Å². The van der Waals surface area contributed by atoms with Crippen molar-refractivity contribution in [2.45, 2.75) is 46.1 Å². The van der Waals surface area contributed by atoms with Crippen molar-refractivity contribution in [2.75, 3.05) is 5.32 Å². The van der Waals surface area contributed by atoms with E-state index in [2.05, 4.69) is 10.3 Å². The van der Waals surface area contributed by atoms with Crippen LogP contribution in [0.1, 0.15) is 37.3 Å². The van der Waals surface area contributed by atoms with Gasteiger partial charge in [-0.05, 0) is 26.7 Å². The molecule has 0 bridgehead atoms. The van der Waals surface area contributed by atoms with Crippen molar-refractivity contribution < 1.29 is 4.79 Å². The first-order chi connectivity index (χ1) is 7.42. The number of carbonyl (C=O) groups excluding carboxylic acids is 1. The summed E-state index contributed by atoms with van der Waals surface area (Å²) in [5.41, 5.74) is 6.17. The Morgan fingerprint density at radius 2 is 2.00 bits per heavy atom. The third-order valence-corrected chi connectivity index (χ3v) is 3.95. The van der Waals surface area contributed by atoms with Gasteiger partial charge in [-0.1, -0.05) is 13.8 Å². The zero-order valence-corrected chi connectivity index (χ0v) is 11.1. The topological polar surface area (TPSA) is 68.0 Å². The van der Waals surface area contributed by atoms with Crippen LogP contribution in [0.25, 0.3) is 0 Å². The van der Waals surface area contributed by atoms with Gasteiger partial charge >= 0.3 is 0 Å². The SMILES string of the molecule is CCC(N)(CC)C(=O)Nc1nc(C)c(C)s1. The highest BCUT2D eigenvalue weighted by Gasteiger charge is 2.30. The van der Waals surface area contributed by atoms with Gasteiger partial charge in [0.1, 0.15) is 0 Å². The van der Waals surface area contributed by atoms with E-state index in [9.17, 15) is 4.79 Å². The molecule has 0 saturated heterocycles. The Morgan fingerprint density at radius 1 is 1.44 bits per heavy atom. The number of nitrogens with two attached hydrogens (primary N) is 1. The molecule has 16 heavy (non-hydrogen) atoms. The molecule has 0 aliphatic rings. The van der Waals surface area contributed by atoms with Crippen LogP contribution in [0.15, 0.2) is 0 Å². The van der Waals surface area contributed by atoms with E-state index in [0.29, 0.717) is 18.0 Å². The second-order valence-electron chi connectivity index (χ2n) is 3.98. The summed E-state index contributed by atoms with van der Waals surface area (Å²) in [5, 5.41) is 3.43. The molecule has 0 aliphatic heterocycles. The Balaban J connectivity index is 2.78. The van der Waals surface area contributed by atoms with E-state index in [1.54, 1.807) is 0 Å². The fourth-order valence-corrected chi connectivity index (χ4v) is 2.13. The third kappa shape index (κ3) is 2.59. The molecular formula is C11H19N3OS. The molecule has 0 fully saturated rings. The minimum Gasteiger partial charge on any atom is -0.317 e. The van der Waals surface area contributed by atoms with Crippen molar-refractivity contribution in [3.8, 4) is 0 Å². The fourth-order valence-electron chi connectivity index (χ4n) is 1.32. The van der Waals surface area contributed by atoms with Gasteiger partial charge in [0, 0.05) is 4.88 Å². The predicted octanol–water partition coefficient (Wildman–Crippen LogP) is 2.22. The van der Waals surface area contributed by atoms with Gasteiger partial charge < -0.3 is 11.1 Å². The van der Waals surface area contributed by atoms with Crippen LogP contribution >= 0.6 is 11.3 Å². The summed E-state index contributed by atoms with van der Waals surface area (Å²) in [6, 6.07) is 0. The normalized spacial score (nSPS) is 11.6. The van der Waals surface area contributed by atoms with Gasteiger partial charge in [-0.15, -0.1) is 11.3 Å². The average Bonchev–Trinajstić information content (AvgIpc) is 2.56. The van der Waals surface area contributed by atoms with Crippen LogP contribution < -0.4 is 11.1 Å². The molecule has 5 heteroatoms. The Hall–Kier alpha value is -0.940. The Kier molecular flexibility index (Phi) is 4.04. The molecule has 0 atom stereocenters. The number of nitrogens with zero attached hydrogens (tertiary/aromatic N) is 1. The molecule has 3 N–H and O–H groups in total. The Labute approximate surface area is 100 Å². The van der Waals surface area contributed by atoms with Gasteiger partial charge in [0.2, 0.25) is 5.91 Å². The summed E-state index contributed by atoms with van der Waals surface area (Å²) < 4.78 is 0. The zero-order chi connectivity index (χ0) is 12.3. The lowest BCUT2D eigenvalue weighted by molar-refractivity contribution is -0.121. The number of hydrogen-bond acceptors (Lipinski definition) is 4. The number of aromatic nitrogens is 1. The van der Waals surface area contributed by atoms with E-state index in [-0.39, 0.29) is 5.91 Å². The number of aryl methyl sites for hydroxylation is 2. The molecule has 0 aromatic carbocycles. The maximum absolute atomic E-state index is 11.9. The minimum absolute atomic E-state index is 0.147.